The van der Waals surface area contributed by atoms with Gasteiger partial charge in [0.25, 0.3) is 0 Å². The minimum atomic E-state index is -5.08. The number of alkyl halides is 3. The number of nitrogens with one attached hydrogen (secondary N) is 1. The van der Waals surface area contributed by atoms with Crippen LogP contribution in [0.4, 0.5) is 13.2 Å². The minimum Gasteiger partial charge on any atom is -0.475 e. The van der Waals surface area contributed by atoms with Crippen molar-refractivity contribution in [2.75, 3.05) is 13.1 Å². The molecule has 0 aliphatic carbocycles. The summed E-state index contributed by atoms with van der Waals surface area (Å²) in [6.07, 6.45) is 1.53. The maximum atomic E-state index is 10.6. The van der Waals surface area contributed by atoms with Gasteiger partial charge < -0.3 is 10.4 Å². The van der Waals surface area contributed by atoms with E-state index in [0.717, 1.165) is 38.8 Å². The molecule has 0 aromatic heterocycles. The molecule has 25 heavy (non-hydrogen) atoms. The number of benzene rings is 1. The lowest BCUT2D eigenvalue weighted by Crippen LogP contribution is -2.35. The summed E-state index contributed by atoms with van der Waals surface area (Å²) in [6.45, 7) is 2.01. The number of unbranched alkanes of at least 4 members (excludes halogenated alkanes) is 1. The van der Waals surface area contributed by atoms with E-state index in [-0.39, 0.29) is 5.41 Å². The standard InChI is InChI=1S/C16H22N2.C2HF3O2/c17-14-16(10-12-18-13-11-16)9-5-4-8-15-6-2-1-3-7-15;3-2(4,5)1(6)7/h1-3,6-7,18H,4-5,8-13H2;(H,6,7). The van der Waals surface area contributed by atoms with Crippen molar-refractivity contribution in [1.29, 1.82) is 5.26 Å². The summed E-state index contributed by atoms with van der Waals surface area (Å²) in [4.78, 5) is 8.90. The first kappa shape index (κ1) is 21.0. The topological polar surface area (TPSA) is 73.1 Å². The quantitative estimate of drug-likeness (QED) is 0.784. The van der Waals surface area contributed by atoms with Crippen LogP contribution in [0, 0.1) is 16.7 Å². The monoisotopic (exact) mass is 356 g/mol. The highest BCUT2D eigenvalue weighted by atomic mass is 19.4. The summed E-state index contributed by atoms with van der Waals surface area (Å²) in [5, 5.41) is 19.8. The predicted octanol–water partition coefficient (Wildman–Crippen LogP) is 3.93. The summed E-state index contributed by atoms with van der Waals surface area (Å²) in [5.41, 5.74) is 1.37. The molecule has 4 nitrogen and oxygen atoms in total. The van der Waals surface area contributed by atoms with E-state index in [9.17, 15) is 18.4 Å². The molecular formula is C18H23F3N2O2. The number of nitrogens with zero attached hydrogens (tertiary/aromatic N) is 1. The zero-order chi connectivity index (χ0) is 18.8. The third-order valence-corrected chi connectivity index (χ3v) is 4.25. The zero-order valence-corrected chi connectivity index (χ0v) is 14.0. The SMILES string of the molecule is N#CC1(CCCCc2ccccc2)CCNCC1.O=C(O)C(F)(F)F. The first-order valence-electron chi connectivity index (χ1n) is 8.25. The van der Waals surface area contributed by atoms with Crippen molar-refractivity contribution in [3.63, 3.8) is 0 Å². The smallest absolute Gasteiger partial charge is 0.475 e. The van der Waals surface area contributed by atoms with Crippen molar-refractivity contribution in [1.82, 2.24) is 5.32 Å². The van der Waals surface area contributed by atoms with Crippen LogP contribution >= 0.6 is 0 Å². The number of aryl methyl sites for hydroxylation is 1. The fraction of sp³-hybridized carbons (Fsp3) is 0.556. The van der Waals surface area contributed by atoms with Crippen molar-refractivity contribution in [3.05, 3.63) is 35.9 Å². The first-order chi connectivity index (χ1) is 11.8. The van der Waals surface area contributed by atoms with Crippen molar-refractivity contribution in [3.8, 4) is 6.07 Å². The molecule has 1 heterocycles. The third-order valence-electron chi connectivity index (χ3n) is 4.25. The molecule has 0 bridgehead atoms. The number of halogens is 3. The van der Waals surface area contributed by atoms with Crippen LogP contribution in [0.1, 0.15) is 37.7 Å². The molecule has 0 atom stereocenters. The summed E-state index contributed by atoms with van der Waals surface area (Å²) in [6, 6.07) is 13.2. The summed E-state index contributed by atoms with van der Waals surface area (Å²) in [7, 11) is 0. The molecule has 2 N–H and O–H groups in total. The third kappa shape index (κ3) is 8.03. The molecule has 1 saturated heterocycles. The molecule has 7 heteroatoms. The number of hydrogen-bond acceptors (Lipinski definition) is 3. The molecule has 0 spiro atoms. The molecule has 0 radical (unpaired) electrons. The van der Waals surface area contributed by atoms with Crippen molar-refractivity contribution >= 4 is 5.97 Å². The first-order valence-corrected chi connectivity index (χ1v) is 8.25. The van der Waals surface area contributed by atoms with E-state index in [0.29, 0.717) is 0 Å². The van der Waals surface area contributed by atoms with Crippen molar-refractivity contribution in [2.45, 2.75) is 44.7 Å². The van der Waals surface area contributed by atoms with Gasteiger partial charge in [-0.15, -0.1) is 0 Å². The van der Waals surface area contributed by atoms with Crippen LogP contribution in [0.15, 0.2) is 30.3 Å². The van der Waals surface area contributed by atoms with E-state index in [1.807, 2.05) is 0 Å². The molecule has 2 rings (SSSR count). The number of piperidine rings is 1. The highest BCUT2D eigenvalue weighted by molar-refractivity contribution is 5.73. The van der Waals surface area contributed by atoms with Gasteiger partial charge in [-0.1, -0.05) is 36.8 Å². The van der Waals surface area contributed by atoms with E-state index < -0.39 is 12.1 Å². The molecule has 1 aliphatic heterocycles. The van der Waals surface area contributed by atoms with Gasteiger partial charge in [-0.2, -0.15) is 18.4 Å². The van der Waals surface area contributed by atoms with Crippen LogP contribution < -0.4 is 5.32 Å². The lowest BCUT2D eigenvalue weighted by Gasteiger charge is -2.31. The minimum absolute atomic E-state index is 0.0397. The lowest BCUT2D eigenvalue weighted by atomic mass is 9.76. The molecule has 0 amide bonds. The van der Waals surface area contributed by atoms with Gasteiger partial charge in [0.15, 0.2) is 0 Å². The number of carboxylic acid groups (broad SMARTS) is 1. The van der Waals surface area contributed by atoms with Gasteiger partial charge >= 0.3 is 12.1 Å². The Kier molecular flexibility index (Phi) is 8.42. The Balaban J connectivity index is 0.000000381. The molecule has 138 valence electrons. The van der Waals surface area contributed by atoms with Gasteiger partial charge in [0.2, 0.25) is 0 Å². The number of hydrogen-bond donors (Lipinski definition) is 2. The molecule has 1 aromatic rings. The predicted molar refractivity (Wildman–Crippen MR) is 87.8 cm³/mol. The normalized spacial score (nSPS) is 16.2. The van der Waals surface area contributed by atoms with Gasteiger partial charge in [0.1, 0.15) is 0 Å². The Bertz CT molecular complexity index is 562. The molecule has 1 fully saturated rings. The van der Waals surface area contributed by atoms with Gasteiger partial charge in [0, 0.05) is 0 Å². The molecule has 0 saturated carbocycles. The maximum Gasteiger partial charge on any atom is 0.490 e. The highest BCUT2D eigenvalue weighted by Gasteiger charge is 2.38. The van der Waals surface area contributed by atoms with Gasteiger partial charge in [-0.05, 0) is 50.8 Å². The van der Waals surface area contributed by atoms with Crippen LogP contribution in [0.25, 0.3) is 0 Å². The fourth-order valence-electron chi connectivity index (χ4n) is 2.76. The van der Waals surface area contributed by atoms with Crippen LogP contribution in [0.5, 0.6) is 0 Å². The zero-order valence-electron chi connectivity index (χ0n) is 14.0. The second-order valence-corrected chi connectivity index (χ2v) is 6.14. The summed E-state index contributed by atoms with van der Waals surface area (Å²) >= 11 is 0. The number of rotatable bonds is 5. The maximum absolute atomic E-state index is 10.6. The average molecular weight is 356 g/mol. The Morgan fingerprint density at radius 3 is 2.24 bits per heavy atom. The second kappa shape index (κ2) is 10.0. The van der Waals surface area contributed by atoms with Crippen LogP contribution in [-0.4, -0.2) is 30.3 Å². The largest absolute Gasteiger partial charge is 0.490 e. The number of nitriles is 1. The Labute approximate surface area is 145 Å². The number of carbonyl (C=O) groups is 1. The van der Waals surface area contributed by atoms with Gasteiger partial charge in [0.05, 0.1) is 11.5 Å². The van der Waals surface area contributed by atoms with Crippen LogP contribution in [-0.2, 0) is 11.2 Å². The molecule has 0 unspecified atom stereocenters. The number of carboxylic acids is 1. The van der Waals surface area contributed by atoms with E-state index >= 15 is 0 Å². The van der Waals surface area contributed by atoms with Crippen LogP contribution in [0.3, 0.4) is 0 Å². The molecule has 1 aliphatic rings. The summed E-state index contributed by atoms with van der Waals surface area (Å²) < 4.78 is 31.7. The number of aliphatic carboxylic acids is 1. The van der Waals surface area contributed by atoms with Gasteiger partial charge in [-0.3, -0.25) is 0 Å². The van der Waals surface area contributed by atoms with E-state index in [1.54, 1.807) is 0 Å². The van der Waals surface area contributed by atoms with E-state index in [1.165, 1.54) is 18.4 Å². The molecular weight excluding hydrogens is 333 g/mol. The fourth-order valence-corrected chi connectivity index (χ4v) is 2.76. The van der Waals surface area contributed by atoms with Gasteiger partial charge in [-0.25, -0.2) is 4.79 Å². The van der Waals surface area contributed by atoms with E-state index in [4.69, 9.17) is 9.90 Å². The van der Waals surface area contributed by atoms with Crippen molar-refractivity contribution in [2.24, 2.45) is 5.41 Å². The van der Waals surface area contributed by atoms with Crippen LogP contribution in [0.2, 0.25) is 0 Å². The highest BCUT2D eigenvalue weighted by Crippen LogP contribution is 2.33. The molecule has 1 aromatic carbocycles. The Morgan fingerprint density at radius 1 is 1.20 bits per heavy atom. The summed E-state index contributed by atoms with van der Waals surface area (Å²) in [5.74, 6) is -2.76. The Hall–Kier alpha value is -2.07. The Morgan fingerprint density at radius 2 is 1.76 bits per heavy atom. The lowest BCUT2D eigenvalue weighted by molar-refractivity contribution is -0.192. The van der Waals surface area contributed by atoms with E-state index in [2.05, 4.69) is 41.7 Å². The second-order valence-electron chi connectivity index (χ2n) is 6.14. The average Bonchev–Trinajstić information content (AvgIpc) is 2.60. The van der Waals surface area contributed by atoms with Crippen molar-refractivity contribution < 1.29 is 23.1 Å².